The molecule has 1 N–H and O–H groups in total. The number of carbonyl (C=O) groups is 2. The number of fused-ring (bicyclic) bond motifs is 2. The quantitative estimate of drug-likeness (QED) is 0.767. The molecule has 1 amide bonds. The molecular formula is C12H19NO5S. The van der Waals surface area contributed by atoms with Gasteiger partial charge in [-0.1, -0.05) is 13.8 Å². The van der Waals surface area contributed by atoms with Gasteiger partial charge in [0, 0.05) is 5.41 Å². The van der Waals surface area contributed by atoms with Gasteiger partial charge in [-0.2, -0.15) is 0 Å². The van der Waals surface area contributed by atoms with Crippen molar-refractivity contribution < 1.29 is 22.7 Å². The zero-order valence-electron chi connectivity index (χ0n) is 11.6. The fraction of sp³-hybridized carbons (Fsp3) is 0.833. The zero-order valence-corrected chi connectivity index (χ0v) is 12.4. The number of sulfonamides is 1. The first-order valence-electron chi connectivity index (χ1n) is 6.18. The molecule has 1 heterocycles. The van der Waals surface area contributed by atoms with E-state index in [-0.39, 0.29) is 12.4 Å². The topological polar surface area (TPSA) is 89.5 Å². The van der Waals surface area contributed by atoms with Gasteiger partial charge in [0.25, 0.3) is 0 Å². The minimum Gasteiger partial charge on any atom is -0.457 e. The predicted octanol–water partition coefficient (Wildman–Crippen LogP) is 0.574. The van der Waals surface area contributed by atoms with Crippen LogP contribution in [0.15, 0.2) is 0 Å². The van der Waals surface area contributed by atoms with Crippen molar-refractivity contribution in [3.05, 3.63) is 0 Å². The second-order valence-corrected chi connectivity index (χ2v) is 8.06. The number of amides is 1. The van der Waals surface area contributed by atoms with Crippen LogP contribution in [0.4, 0.5) is 0 Å². The maximum Gasteiger partial charge on any atom is 0.313 e. The summed E-state index contributed by atoms with van der Waals surface area (Å²) in [7, 11) is -3.59. The van der Waals surface area contributed by atoms with Crippen LogP contribution in [-0.4, -0.2) is 32.2 Å². The molecular weight excluding hydrogens is 270 g/mol. The van der Waals surface area contributed by atoms with E-state index in [0.717, 1.165) is 6.26 Å². The highest BCUT2D eigenvalue weighted by Crippen LogP contribution is 2.66. The molecule has 6 nitrogen and oxygen atoms in total. The molecule has 2 bridgehead atoms. The van der Waals surface area contributed by atoms with Gasteiger partial charge < -0.3 is 4.74 Å². The smallest absolute Gasteiger partial charge is 0.313 e. The van der Waals surface area contributed by atoms with Crippen LogP contribution < -0.4 is 4.72 Å². The van der Waals surface area contributed by atoms with E-state index in [4.69, 9.17) is 4.74 Å². The first-order valence-corrected chi connectivity index (χ1v) is 8.07. The van der Waals surface area contributed by atoms with E-state index in [0.29, 0.717) is 12.8 Å². The molecule has 1 saturated heterocycles. The van der Waals surface area contributed by atoms with E-state index in [1.165, 1.54) is 0 Å². The Labute approximate surface area is 112 Å². The molecule has 7 heteroatoms. The van der Waals surface area contributed by atoms with Gasteiger partial charge in [-0.3, -0.25) is 14.3 Å². The molecule has 0 spiro atoms. The first-order chi connectivity index (χ1) is 8.44. The van der Waals surface area contributed by atoms with E-state index in [1.807, 2.05) is 25.5 Å². The number of hydrogen-bond donors (Lipinski definition) is 1. The summed E-state index contributed by atoms with van der Waals surface area (Å²) in [5.41, 5.74) is -1.99. The largest absolute Gasteiger partial charge is 0.457 e. The van der Waals surface area contributed by atoms with Crippen molar-refractivity contribution in [3.8, 4) is 0 Å². The van der Waals surface area contributed by atoms with Gasteiger partial charge in [-0.15, -0.1) is 0 Å². The molecule has 19 heavy (non-hydrogen) atoms. The van der Waals surface area contributed by atoms with Crippen LogP contribution in [0.3, 0.4) is 0 Å². The number of ether oxygens (including phenoxy) is 1. The van der Waals surface area contributed by atoms with Crippen LogP contribution in [0.25, 0.3) is 0 Å². The van der Waals surface area contributed by atoms with E-state index in [2.05, 4.69) is 0 Å². The third-order valence-electron chi connectivity index (χ3n) is 5.03. The zero-order chi connectivity index (χ0) is 14.7. The summed E-state index contributed by atoms with van der Waals surface area (Å²) in [6, 6.07) is 0. The lowest BCUT2D eigenvalue weighted by atomic mass is 9.65. The average molecular weight is 289 g/mol. The molecule has 1 aliphatic heterocycles. The second-order valence-electron chi connectivity index (χ2n) is 6.32. The Morgan fingerprint density at radius 3 is 2.26 bits per heavy atom. The van der Waals surface area contributed by atoms with Crippen molar-refractivity contribution in [3.63, 3.8) is 0 Å². The SMILES string of the molecule is CC12CCC(CC(=O)NS(C)(=O)=O)(OC1=O)C2(C)C. The van der Waals surface area contributed by atoms with Gasteiger partial charge in [0.2, 0.25) is 15.9 Å². The van der Waals surface area contributed by atoms with Gasteiger partial charge in [-0.25, -0.2) is 8.42 Å². The van der Waals surface area contributed by atoms with Gasteiger partial charge in [0.15, 0.2) is 0 Å². The Balaban J connectivity index is 2.26. The molecule has 0 aromatic carbocycles. The Kier molecular flexibility index (Phi) is 2.80. The van der Waals surface area contributed by atoms with Crippen LogP contribution in [0, 0.1) is 10.8 Å². The molecule has 2 atom stereocenters. The van der Waals surface area contributed by atoms with Crippen molar-refractivity contribution >= 4 is 21.9 Å². The molecule has 2 unspecified atom stereocenters. The summed E-state index contributed by atoms with van der Waals surface area (Å²) in [6.07, 6.45) is 2.05. The first kappa shape index (κ1) is 14.3. The number of rotatable bonds is 3. The molecule has 1 saturated carbocycles. The third-order valence-corrected chi connectivity index (χ3v) is 5.63. The van der Waals surface area contributed by atoms with Crippen molar-refractivity contribution in [2.45, 2.75) is 45.6 Å². The Bertz CT molecular complexity index is 552. The van der Waals surface area contributed by atoms with Gasteiger partial charge >= 0.3 is 5.97 Å². The number of nitrogens with one attached hydrogen (secondary N) is 1. The molecule has 2 fully saturated rings. The minimum absolute atomic E-state index is 0.117. The fourth-order valence-electron chi connectivity index (χ4n) is 3.25. The third kappa shape index (κ3) is 1.86. The average Bonchev–Trinajstić information content (AvgIpc) is 2.44. The molecule has 0 radical (unpaired) electrons. The van der Waals surface area contributed by atoms with E-state index < -0.39 is 32.4 Å². The second kappa shape index (κ2) is 3.71. The van der Waals surface area contributed by atoms with E-state index in [9.17, 15) is 18.0 Å². The molecule has 1 aliphatic carbocycles. The maximum atomic E-state index is 12.0. The maximum absolute atomic E-state index is 12.0. The highest BCUT2D eigenvalue weighted by Gasteiger charge is 2.72. The standard InChI is InChI=1S/C12H19NO5S/c1-10(2)11(3)5-6-12(10,18-9(11)15)7-8(14)13-19(4,16)17/h5-7H2,1-4H3,(H,13,14). The van der Waals surface area contributed by atoms with E-state index in [1.54, 1.807) is 0 Å². The number of hydrogen-bond acceptors (Lipinski definition) is 5. The number of esters is 1. The summed E-state index contributed by atoms with van der Waals surface area (Å²) < 4.78 is 29.5. The molecule has 2 aliphatic rings. The van der Waals surface area contributed by atoms with Gasteiger partial charge in [0.05, 0.1) is 18.1 Å². The molecule has 0 aromatic rings. The Hall–Kier alpha value is -1.11. The van der Waals surface area contributed by atoms with Crippen molar-refractivity contribution in [2.24, 2.45) is 10.8 Å². The van der Waals surface area contributed by atoms with Crippen molar-refractivity contribution in [1.29, 1.82) is 0 Å². The molecule has 108 valence electrons. The summed E-state index contributed by atoms with van der Waals surface area (Å²) >= 11 is 0. The summed E-state index contributed by atoms with van der Waals surface area (Å²) in [5, 5.41) is 0. The van der Waals surface area contributed by atoms with Crippen LogP contribution in [0.5, 0.6) is 0 Å². The monoisotopic (exact) mass is 289 g/mol. The predicted molar refractivity (Wildman–Crippen MR) is 67.5 cm³/mol. The van der Waals surface area contributed by atoms with Crippen LogP contribution in [-0.2, 0) is 24.3 Å². The van der Waals surface area contributed by atoms with E-state index >= 15 is 0 Å². The highest BCUT2D eigenvalue weighted by molar-refractivity contribution is 7.89. The number of carbonyl (C=O) groups excluding carboxylic acids is 2. The van der Waals surface area contributed by atoms with Crippen LogP contribution in [0.2, 0.25) is 0 Å². The summed E-state index contributed by atoms with van der Waals surface area (Å²) in [5.74, 6) is -0.926. The molecule has 2 rings (SSSR count). The Morgan fingerprint density at radius 1 is 1.32 bits per heavy atom. The highest BCUT2D eigenvalue weighted by atomic mass is 32.2. The summed E-state index contributed by atoms with van der Waals surface area (Å²) in [6.45, 7) is 5.65. The van der Waals surface area contributed by atoms with Crippen molar-refractivity contribution in [2.75, 3.05) is 6.26 Å². The Morgan fingerprint density at radius 2 is 1.89 bits per heavy atom. The fourth-order valence-corrected chi connectivity index (χ4v) is 3.74. The van der Waals surface area contributed by atoms with Crippen LogP contribution in [0.1, 0.15) is 40.0 Å². The lowest BCUT2D eigenvalue weighted by molar-refractivity contribution is -0.161. The normalized spacial score (nSPS) is 36.1. The lowest BCUT2D eigenvalue weighted by Crippen LogP contribution is -2.45. The van der Waals surface area contributed by atoms with Gasteiger partial charge in [0.1, 0.15) is 5.60 Å². The lowest BCUT2D eigenvalue weighted by Gasteiger charge is -2.36. The minimum atomic E-state index is -3.59. The molecule has 0 aromatic heterocycles. The van der Waals surface area contributed by atoms with Crippen molar-refractivity contribution in [1.82, 2.24) is 4.72 Å². The van der Waals surface area contributed by atoms with Crippen LogP contribution >= 0.6 is 0 Å². The summed E-state index contributed by atoms with van der Waals surface area (Å²) in [4.78, 5) is 23.8. The van der Waals surface area contributed by atoms with Gasteiger partial charge in [-0.05, 0) is 19.8 Å².